The smallest absolute Gasteiger partial charge is 0.456 e. The fraction of sp³-hybridized carbons (Fsp3) is 0.576. The van der Waals surface area contributed by atoms with Crippen LogP contribution in [0, 0.1) is 22.7 Å². The highest BCUT2D eigenvalue weighted by atomic mass is 19.1. The number of hydrogen-bond acceptors (Lipinski definition) is 15. The minimum absolute atomic E-state index is 0.125. The molecule has 1 aromatic rings. The number of fused-ring (bicyclic) bond motifs is 5. The highest BCUT2D eigenvalue weighted by Crippen LogP contribution is 2.69. The van der Waals surface area contributed by atoms with Gasteiger partial charge in [-0.25, -0.2) is 14.0 Å². The van der Waals surface area contributed by atoms with Gasteiger partial charge in [0.1, 0.15) is 19.3 Å². The number of nitrogens with zero attached hydrogens (tertiary/aromatic N) is 1. The van der Waals surface area contributed by atoms with E-state index in [0.717, 1.165) is 0 Å². The van der Waals surface area contributed by atoms with Crippen LogP contribution in [0.1, 0.15) is 50.7 Å². The lowest BCUT2D eigenvalue weighted by Crippen LogP contribution is -2.69. The number of benzene rings is 1. The van der Waals surface area contributed by atoms with Crippen LogP contribution in [0.15, 0.2) is 48.1 Å². The quantitative estimate of drug-likeness (QED) is 0.142. The molecule has 0 saturated heterocycles. The van der Waals surface area contributed by atoms with Crippen molar-refractivity contribution in [3.8, 4) is 0 Å². The van der Waals surface area contributed by atoms with E-state index >= 15 is 4.39 Å². The van der Waals surface area contributed by atoms with Crippen molar-refractivity contribution in [2.24, 2.45) is 28.4 Å². The molecule has 0 amide bonds. The third kappa shape index (κ3) is 6.31. The summed E-state index contributed by atoms with van der Waals surface area (Å²) in [6.07, 6.45) is -0.290. The van der Waals surface area contributed by atoms with Gasteiger partial charge in [0.2, 0.25) is 5.78 Å². The molecular weight excluding hydrogens is 651 g/mol. The molecule has 0 spiro atoms. The fourth-order valence-electron chi connectivity index (χ4n) is 8.36. The zero-order valence-electron chi connectivity index (χ0n) is 27.0. The van der Waals surface area contributed by atoms with Crippen LogP contribution < -0.4 is 5.73 Å². The Bertz CT molecular complexity index is 1530. The average molecular weight is 693 g/mol. The molecule has 0 aliphatic heterocycles. The third-order valence-electron chi connectivity index (χ3n) is 11.0. The maximum Gasteiger partial charge on any atom is 0.508 e. The van der Waals surface area contributed by atoms with Crippen molar-refractivity contribution >= 4 is 23.7 Å². The van der Waals surface area contributed by atoms with Crippen molar-refractivity contribution in [3.63, 3.8) is 0 Å². The van der Waals surface area contributed by atoms with Crippen LogP contribution in [-0.4, -0.2) is 97.5 Å². The second-order valence-electron chi connectivity index (χ2n) is 13.6. The molecule has 0 bridgehead atoms. The Morgan fingerprint density at radius 1 is 1.02 bits per heavy atom. The lowest BCUT2D eigenvalue weighted by Gasteiger charge is -2.62. The molecule has 3 saturated carbocycles. The summed E-state index contributed by atoms with van der Waals surface area (Å²) in [5.74, 6) is -4.08. The Hall–Kier alpha value is -3.61. The Kier molecular flexibility index (Phi) is 10.2. The first-order chi connectivity index (χ1) is 23.0. The van der Waals surface area contributed by atoms with Gasteiger partial charge in [0.05, 0.1) is 24.2 Å². The molecule has 16 heteroatoms. The SMILES string of the molecule is C[C@]12C=CC(=O)C=C1CC[C@H]1[C@@H]3C[C@@H](O)[C@](O)(C(=O)COC(=O)C(N)COC(=O)OCc4ccc(CON(O)O)cc4)[C@@]3(C)C[C@H](O)[C@@]12F. The number of carbonyl (C=O) groups is 4. The molecule has 15 nitrogen and oxygen atoms in total. The zero-order chi connectivity index (χ0) is 35.9. The number of carbonyl (C=O) groups excluding carboxylic acids is 4. The van der Waals surface area contributed by atoms with Gasteiger partial charge in [0.15, 0.2) is 23.7 Å². The van der Waals surface area contributed by atoms with Gasteiger partial charge < -0.3 is 35.3 Å². The summed E-state index contributed by atoms with van der Waals surface area (Å²) in [5.41, 5.74) is -0.0559. The first-order valence-corrected chi connectivity index (χ1v) is 15.8. The van der Waals surface area contributed by atoms with Crippen LogP contribution in [0.3, 0.4) is 0 Å². The molecule has 7 N–H and O–H groups in total. The molecule has 5 rings (SSSR count). The second kappa shape index (κ2) is 13.6. The molecule has 0 heterocycles. The van der Waals surface area contributed by atoms with E-state index in [1.165, 1.54) is 25.2 Å². The van der Waals surface area contributed by atoms with E-state index in [2.05, 4.69) is 4.84 Å². The number of nitrogens with two attached hydrogens (primary N) is 1. The topological polar surface area (TPSA) is 236 Å². The molecule has 0 aromatic heterocycles. The summed E-state index contributed by atoms with van der Waals surface area (Å²) in [5, 5.41) is 51.1. The molecule has 1 unspecified atom stereocenters. The Balaban J connectivity index is 1.15. The zero-order valence-corrected chi connectivity index (χ0v) is 27.0. The summed E-state index contributed by atoms with van der Waals surface area (Å²) in [6.45, 7) is 1.14. The van der Waals surface area contributed by atoms with E-state index in [4.69, 9.17) is 30.4 Å². The van der Waals surface area contributed by atoms with Crippen LogP contribution in [-0.2, 0) is 46.6 Å². The first-order valence-electron chi connectivity index (χ1n) is 15.8. The van der Waals surface area contributed by atoms with Crippen molar-refractivity contribution in [1.29, 1.82) is 0 Å². The molecule has 4 aliphatic carbocycles. The number of alkyl halides is 1. The summed E-state index contributed by atoms with van der Waals surface area (Å²) in [6, 6.07) is 4.83. The van der Waals surface area contributed by atoms with Gasteiger partial charge in [-0.15, -0.1) is 0 Å². The molecular formula is C33H41FN2O13. The van der Waals surface area contributed by atoms with Gasteiger partial charge in [0, 0.05) is 16.7 Å². The Morgan fingerprint density at radius 2 is 1.67 bits per heavy atom. The van der Waals surface area contributed by atoms with Crippen LogP contribution in [0.4, 0.5) is 9.18 Å². The number of aliphatic hydroxyl groups is 3. The maximum atomic E-state index is 17.3. The van der Waals surface area contributed by atoms with Crippen LogP contribution in [0.2, 0.25) is 0 Å². The number of hydrogen-bond donors (Lipinski definition) is 6. The van der Waals surface area contributed by atoms with Crippen LogP contribution in [0.5, 0.6) is 0 Å². The second-order valence-corrected chi connectivity index (χ2v) is 13.6. The average Bonchev–Trinajstić information content (AvgIpc) is 3.26. The molecule has 49 heavy (non-hydrogen) atoms. The number of ether oxygens (including phenoxy) is 3. The molecule has 3 fully saturated rings. The molecule has 4 aliphatic rings. The van der Waals surface area contributed by atoms with E-state index in [-0.39, 0.29) is 38.3 Å². The number of esters is 1. The first kappa shape index (κ1) is 36.7. The molecule has 1 aromatic carbocycles. The fourth-order valence-corrected chi connectivity index (χ4v) is 8.36. The van der Waals surface area contributed by atoms with Gasteiger partial charge in [-0.2, -0.15) is 0 Å². The summed E-state index contributed by atoms with van der Waals surface area (Å²) >= 11 is 0. The van der Waals surface area contributed by atoms with Crippen molar-refractivity contribution < 1.29 is 68.4 Å². The number of rotatable bonds is 11. The molecule has 0 radical (unpaired) electrons. The van der Waals surface area contributed by atoms with Crippen molar-refractivity contribution in [2.45, 2.75) is 82.3 Å². The van der Waals surface area contributed by atoms with Gasteiger partial charge in [0.25, 0.3) is 0 Å². The lowest BCUT2D eigenvalue weighted by molar-refractivity contribution is -0.497. The van der Waals surface area contributed by atoms with Gasteiger partial charge in [-0.3, -0.25) is 24.8 Å². The largest absolute Gasteiger partial charge is 0.508 e. The highest BCUT2D eigenvalue weighted by Gasteiger charge is 2.76. The summed E-state index contributed by atoms with van der Waals surface area (Å²) in [4.78, 5) is 54.6. The van der Waals surface area contributed by atoms with Gasteiger partial charge in [-0.1, -0.05) is 42.8 Å². The van der Waals surface area contributed by atoms with E-state index in [0.29, 0.717) is 23.1 Å². The number of Topliss-reactive ketones (excluding diaryl/α,β-unsaturated/α-hetero) is 1. The van der Waals surface area contributed by atoms with E-state index in [1.54, 1.807) is 31.2 Å². The van der Waals surface area contributed by atoms with Crippen molar-refractivity contribution in [1.82, 2.24) is 5.39 Å². The molecule has 268 valence electrons. The van der Waals surface area contributed by atoms with Crippen LogP contribution in [0.25, 0.3) is 0 Å². The predicted molar refractivity (Wildman–Crippen MR) is 161 cm³/mol. The maximum absolute atomic E-state index is 17.3. The Morgan fingerprint density at radius 3 is 2.33 bits per heavy atom. The lowest BCUT2D eigenvalue weighted by atomic mass is 9.44. The minimum Gasteiger partial charge on any atom is -0.456 e. The van der Waals surface area contributed by atoms with Crippen LogP contribution >= 0.6 is 0 Å². The number of halogens is 1. The Labute approximate surface area is 280 Å². The van der Waals surface area contributed by atoms with E-state index < -0.39 is 88.7 Å². The number of allylic oxidation sites excluding steroid dienone is 4. The van der Waals surface area contributed by atoms with Gasteiger partial charge >= 0.3 is 12.1 Å². The summed E-state index contributed by atoms with van der Waals surface area (Å²) < 4.78 is 32.1. The predicted octanol–water partition coefficient (Wildman–Crippen LogP) is 1.36. The van der Waals surface area contributed by atoms with E-state index in [9.17, 15) is 34.5 Å². The standard InChI is InChI=1S/C33H41FN2O13/c1-30-10-9-21(37)11-20(30)7-8-22-23-12-25(38)33(43,31(23,2)13-26(39)32(22,30)34)27(40)17-46-28(41)24(35)16-48-29(42)47-14-18-3-5-19(6-4-18)15-49-36(44)45/h3-6,9-11,22-26,38-39,43-45H,7-8,12-17,35H2,1-2H3/t22-,23-,24?,25+,26-,30-,31-,32-,33-/m0/s1. The summed E-state index contributed by atoms with van der Waals surface area (Å²) in [7, 11) is 0. The van der Waals surface area contributed by atoms with E-state index in [1.807, 2.05) is 0 Å². The third-order valence-corrected chi connectivity index (χ3v) is 11.0. The normalized spacial score (nSPS) is 35.5. The highest BCUT2D eigenvalue weighted by molar-refractivity contribution is 6.01. The monoisotopic (exact) mass is 692 g/mol. The minimum atomic E-state index is -2.50. The van der Waals surface area contributed by atoms with Gasteiger partial charge in [-0.05, 0) is 61.8 Å². The van der Waals surface area contributed by atoms with Crippen molar-refractivity contribution in [2.75, 3.05) is 13.2 Å². The van der Waals surface area contributed by atoms with Crippen molar-refractivity contribution in [3.05, 3.63) is 59.2 Å². The molecule has 9 atom stereocenters. The number of ketones is 2. The number of aliphatic hydroxyl groups excluding tert-OH is 2.